The van der Waals surface area contributed by atoms with Crippen molar-refractivity contribution in [3.8, 4) is 0 Å². The van der Waals surface area contributed by atoms with Crippen LogP contribution < -0.4 is 5.73 Å². The molecule has 0 bridgehead atoms. The number of rotatable bonds is 6. The van der Waals surface area contributed by atoms with Gasteiger partial charge in [0.2, 0.25) is 0 Å². The Morgan fingerprint density at radius 2 is 1.48 bits per heavy atom. The maximum absolute atomic E-state index is 12.1. The van der Waals surface area contributed by atoms with E-state index in [2.05, 4.69) is 26.6 Å². The molecule has 0 aromatic heterocycles. The van der Waals surface area contributed by atoms with Crippen LogP contribution in [-0.4, -0.2) is 109 Å². The summed E-state index contributed by atoms with van der Waals surface area (Å²) in [6.07, 6.45) is 1.98. The van der Waals surface area contributed by atoms with Crippen LogP contribution in [0.5, 0.6) is 0 Å². The number of hydrogen-bond acceptors (Lipinski definition) is 5. The lowest BCUT2D eigenvalue weighted by molar-refractivity contribution is 0.0186. The second-order valence-corrected chi connectivity index (χ2v) is 8.68. The molecule has 0 radical (unpaired) electrons. The average Bonchev–Trinajstić information content (AvgIpc) is 2.67. The largest absolute Gasteiger partial charge is 0.444 e. The van der Waals surface area contributed by atoms with Crippen molar-refractivity contribution in [1.29, 1.82) is 0 Å². The minimum absolute atomic E-state index is 0. The van der Waals surface area contributed by atoms with Crippen molar-refractivity contribution >= 4 is 36.0 Å². The SMILES string of the molecule is CCN1CCN(CCCCN=C(N)N2CCN(C(=O)OC(C)(C)C)CC2)CC1.I. The molecular weight excluding hydrogens is 483 g/mol. The molecule has 0 unspecified atom stereocenters. The van der Waals surface area contributed by atoms with Gasteiger partial charge in [-0.2, -0.15) is 0 Å². The summed E-state index contributed by atoms with van der Waals surface area (Å²) in [5.74, 6) is 0.598. The van der Waals surface area contributed by atoms with Gasteiger partial charge in [-0.1, -0.05) is 6.92 Å². The normalized spacial score (nSPS) is 19.8. The third-order valence-corrected chi connectivity index (χ3v) is 5.32. The Morgan fingerprint density at radius 1 is 0.931 bits per heavy atom. The van der Waals surface area contributed by atoms with E-state index < -0.39 is 5.60 Å². The van der Waals surface area contributed by atoms with Crippen molar-refractivity contribution in [2.45, 2.75) is 46.1 Å². The third kappa shape index (κ3) is 9.69. The topological polar surface area (TPSA) is 77.6 Å². The smallest absolute Gasteiger partial charge is 0.410 e. The Hall–Kier alpha value is -0.810. The molecule has 170 valence electrons. The van der Waals surface area contributed by atoms with Gasteiger partial charge in [0.25, 0.3) is 0 Å². The Balaban J connectivity index is 0.00000420. The van der Waals surface area contributed by atoms with Gasteiger partial charge in [0.05, 0.1) is 0 Å². The van der Waals surface area contributed by atoms with Gasteiger partial charge in [0.1, 0.15) is 5.60 Å². The minimum Gasteiger partial charge on any atom is -0.444 e. The van der Waals surface area contributed by atoms with Gasteiger partial charge >= 0.3 is 6.09 Å². The van der Waals surface area contributed by atoms with E-state index >= 15 is 0 Å². The number of halogens is 1. The number of likely N-dealkylation sites (N-methyl/N-ethyl adjacent to an activating group) is 1. The summed E-state index contributed by atoms with van der Waals surface area (Å²) in [6, 6.07) is 0. The van der Waals surface area contributed by atoms with Crippen molar-refractivity contribution in [3.05, 3.63) is 0 Å². The predicted octanol–water partition coefficient (Wildman–Crippen LogP) is 1.89. The molecule has 2 fully saturated rings. The van der Waals surface area contributed by atoms with Crippen LogP contribution >= 0.6 is 24.0 Å². The molecule has 2 saturated heterocycles. The second kappa shape index (κ2) is 12.8. The first kappa shape index (κ1) is 26.2. The van der Waals surface area contributed by atoms with Gasteiger partial charge in [0, 0.05) is 58.9 Å². The zero-order valence-corrected chi connectivity index (χ0v) is 21.1. The lowest BCUT2D eigenvalue weighted by Gasteiger charge is -2.36. The molecule has 0 aromatic rings. The van der Waals surface area contributed by atoms with Crippen molar-refractivity contribution in [1.82, 2.24) is 19.6 Å². The molecule has 0 spiro atoms. The van der Waals surface area contributed by atoms with Gasteiger partial charge in [-0.15, -0.1) is 24.0 Å². The fourth-order valence-corrected chi connectivity index (χ4v) is 3.51. The van der Waals surface area contributed by atoms with E-state index in [-0.39, 0.29) is 30.1 Å². The van der Waals surface area contributed by atoms with E-state index in [1.807, 2.05) is 20.8 Å². The van der Waals surface area contributed by atoms with Gasteiger partial charge in [-0.05, 0) is 46.7 Å². The van der Waals surface area contributed by atoms with Crippen molar-refractivity contribution in [3.63, 3.8) is 0 Å². The molecule has 0 aromatic carbocycles. The average molecular weight is 524 g/mol. The number of nitrogens with zero attached hydrogens (tertiary/aromatic N) is 5. The summed E-state index contributed by atoms with van der Waals surface area (Å²) in [4.78, 5) is 25.5. The first-order chi connectivity index (χ1) is 13.3. The highest BCUT2D eigenvalue weighted by Crippen LogP contribution is 2.12. The van der Waals surface area contributed by atoms with Crippen LogP contribution in [-0.2, 0) is 4.74 Å². The third-order valence-electron chi connectivity index (χ3n) is 5.32. The summed E-state index contributed by atoms with van der Waals surface area (Å²) in [7, 11) is 0. The first-order valence-corrected chi connectivity index (χ1v) is 10.8. The number of piperazine rings is 2. The first-order valence-electron chi connectivity index (χ1n) is 10.8. The number of aliphatic imine (C=N–C) groups is 1. The lowest BCUT2D eigenvalue weighted by Crippen LogP contribution is -2.53. The number of carbonyl (C=O) groups excluding carboxylic acids is 1. The zero-order valence-electron chi connectivity index (χ0n) is 18.7. The molecule has 0 saturated carbocycles. The molecule has 0 atom stereocenters. The number of guanidine groups is 1. The van der Waals surface area contributed by atoms with E-state index in [0.29, 0.717) is 32.1 Å². The van der Waals surface area contributed by atoms with Crippen LogP contribution in [0, 0.1) is 0 Å². The predicted molar refractivity (Wildman–Crippen MR) is 129 cm³/mol. The summed E-state index contributed by atoms with van der Waals surface area (Å²) in [5, 5.41) is 0. The fourth-order valence-electron chi connectivity index (χ4n) is 3.51. The Bertz CT molecular complexity index is 510. The minimum atomic E-state index is -0.460. The molecule has 2 aliphatic heterocycles. The van der Waals surface area contributed by atoms with Crippen LogP contribution in [0.3, 0.4) is 0 Å². The van der Waals surface area contributed by atoms with Crippen molar-refractivity contribution in [2.75, 3.05) is 72.0 Å². The van der Waals surface area contributed by atoms with Crippen LogP contribution in [0.15, 0.2) is 4.99 Å². The molecule has 9 heteroatoms. The number of hydrogen-bond donors (Lipinski definition) is 1. The molecule has 8 nitrogen and oxygen atoms in total. The molecule has 29 heavy (non-hydrogen) atoms. The van der Waals surface area contributed by atoms with Crippen molar-refractivity contribution < 1.29 is 9.53 Å². The zero-order chi connectivity index (χ0) is 20.6. The molecule has 2 heterocycles. The van der Waals surface area contributed by atoms with Gasteiger partial charge < -0.3 is 30.1 Å². The molecular formula is C20H41IN6O2. The summed E-state index contributed by atoms with van der Waals surface area (Å²) in [5.41, 5.74) is 5.69. The fraction of sp³-hybridized carbons (Fsp3) is 0.900. The molecule has 0 aliphatic carbocycles. The number of carbonyl (C=O) groups is 1. The van der Waals surface area contributed by atoms with E-state index in [0.717, 1.165) is 32.5 Å². The highest BCUT2D eigenvalue weighted by atomic mass is 127. The lowest BCUT2D eigenvalue weighted by atomic mass is 10.2. The van der Waals surface area contributed by atoms with E-state index in [9.17, 15) is 4.79 Å². The van der Waals surface area contributed by atoms with Crippen LogP contribution in [0.1, 0.15) is 40.5 Å². The Kier molecular flexibility index (Phi) is 11.6. The summed E-state index contributed by atoms with van der Waals surface area (Å²) >= 11 is 0. The molecule has 2 N–H and O–H groups in total. The highest BCUT2D eigenvalue weighted by Gasteiger charge is 2.26. The molecule has 2 rings (SSSR count). The maximum Gasteiger partial charge on any atom is 0.410 e. The Labute approximate surface area is 193 Å². The number of unbranched alkanes of at least 4 members (excludes halogenated alkanes) is 1. The van der Waals surface area contributed by atoms with Gasteiger partial charge in [0.15, 0.2) is 5.96 Å². The van der Waals surface area contributed by atoms with E-state index in [1.54, 1.807) is 4.90 Å². The van der Waals surface area contributed by atoms with Crippen LogP contribution in [0.25, 0.3) is 0 Å². The van der Waals surface area contributed by atoms with Crippen molar-refractivity contribution in [2.24, 2.45) is 10.7 Å². The number of ether oxygens (including phenoxy) is 1. The monoisotopic (exact) mass is 524 g/mol. The summed E-state index contributed by atoms with van der Waals surface area (Å²) in [6.45, 7) is 18.4. The second-order valence-electron chi connectivity index (χ2n) is 8.68. The number of nitrogens with two attached hydrogens (primary N) is 1. The van der Waals surface area contributed by atoms with Gasteiger partial charge in [-0.25, -0.2) is 4.79 Å². The summed E-state index contributed by atoms with van der Waals surface area (Å²) < 4.78 is 5.43. The van der Waals surface area contributed by atoms with Gasteiger partial charge in [-0.3, -0.25) is 4.99 Å². The number of amides is 1. The van der Waals surface area contributed by atoms with Crippen LogP contribution in [0.4, 0.5) is 4.79 Å². The molecule has 1 amide bonds. The van der Waals surface area contributed by atoms with E-state index in [4.69, 9.17) is 10.5 Å². The van der Waals surface area contributed by atoms with Crippen LogP contribution in [0.2, 0.25) is 0 Å². The highest BCUT2D eigenvalue weighted by molar-refractivity contribution is 14.0. The van der Waals surface area contributed by atoms with E-state index in [1.165, 1.54) is 26.2 Å². The maximum atomic E-state index is 12.1. The quantitative estimate of drug-likeness (QED) is 0.248. The standard InChI is InChI=1S/C20H40N6O2.HI/c1-5-23-10-12-24(13-11-23)9-7-6-8-22-18(21)25-14-16-26(17-15-25)19(27)28-20(2,3)4;/h5-17H2,1-4H3,(H2,21,22);1H. The Morgan fingerprint density at radius 3 is 2.03 bits per heavy atom. The molecule has 2 aliphatic rings.